The molecule has 27 heavy (non-hydrogen) atoms. The number of halogens is 2. The summed E-state index contributed by atoms with van der Waals surface area (Å²) in [6, 6.07) is 17.8. The lowest BCUT2D eigenvalue weighted by atomic mass is 10.1. The van der Waals surface area contributed by atoms with Gasteiger partial charge in [-0.2, -0.15) is 0 Å². The number of hydrogen-bond acceptors (Lipinski definition) is 3. The highest BCUT2D eigenvalue weighted by atomic mass is 35.5. The maximum Gasteiger partial charge on any atom is 0.255 e. The summed E-state index contributed by atoms with van der Waals surface area (Å²) in [5.41, 5.74) is 4.12. The third-order valence-electron chi connectivity index (χ3n) is 4.12. The monoisotopic (exact) mass is 396 g/mol. The van der Waals surface area contributed by atoms with Crippen molar-refractivity contribution >= 4 is 45.9 Å². The maximum absolute atomic E-state index is 12.5. The highest BCUT2D eigenvalue weighted by Crippen LogP contribution is 2.31. The minimum Gasteiger partial charge on any atom is -0.436 e. The fraction of sp³-hybridized carbons (Fsp3) is 0.0476. The van der Waals surface area contributed by atoms with E-state index in [0.29, 0.717) is 43.9 Å². The molecule has 0 aliphatic rings. The van der Waals surface area contributed by atoms with Crippen LogP contribution in [0.25, 0.3) is 22.6 Å². The Kier molecular flexibility index (Phi) is 4.60. The molecule has 134 valence electrons. The first-order valence-corrected chi connectivity index (χ1v) is 8.99. The van der Waals surface area contributed by atoms with E-state index in [9.17, 15) is 4.79 Å². The molecule has 0 fully saturated rings. The molecular formula is C21H14Cl2N2O2. The van der Waals surface area contributed by atoms with E-state index in [2.05, 4.69) is 10.3 Å². The molecule has 0 unspecified atom stereocenters. The zero-order valence-corrected chi connectivity index (χ0v) is 15.8. The molecule has 1 aromatic heterocycles. The SMILES string of the molecule is Cc1ccc(C(=O)Nc2cc(-c3nc4cc(Cl)ccc4o3)ccc2Cl)cc1. The number of oxazole rings is 1. The van der Waals surface area contributed by atoms with Gasteiger partial charge in [-0.25, -0.2) is 4.98 Å². The molecule has 1 amide bonds. The number of benzene rings is 3. The van der Waals surface area contributed by atoms with Crippen molar-refractivity contribution in [3.63, 3.8) is 0 Å². The van der Waals surface area contributed by atoms with Crippen molar-refractivity contribution in [1.29, 1.82) is 0 Å². The normalized spacial score (nSPS) is 10.9. The summed E-state index contributed by atoms with van der Waals surface area (Å²) >= 11 is 12.3. The zero-order chi connectivity index (χ0) is 19.0. The lowest BCUT2D eigenvalue weighted by Crippen LogP contribution is -2.12. The Hall–Kier alpha value is -2.82. The average molecular weight is 397 g/mol. The molecule has 0 radical (unpaired) electrons. The molecule has 4 aromatic rings. The molecule has 0 spiro atoms. The van der Waals surface area contributed by atoms with Crippen LogP contribution in [0, 0.1) is 6.92 Å². The Labute approximate surface area is 165 Å². The van der Waals surface area contributed by atoms with E-state index in [-0.39, 0.29) is 5.91 Å². The summed E-state index contributed by atoms with van der Waals surface area (Å²) in [7, 11) is 0. The number of fused-ring (bicyclic) bond motifs is 1. The minimum absolute atomic E-state index is 0.238. The van der Waals surface area contributed by atoms with Crippen molar-refractivity contribution in [1.82, 2.24) is 4.98 Å². The summed E-state index contributed by atoms with van der Waals surface area (Å²) in [5.74, 6) is 0.188. The molecule has 4 rings (SSSR count). The Morgan fingerprint density at radius 1 is 1.00 bits per heavy atom. The van der Waals surface area contributed by atoms with Crippen molar-refractivity contribution < 1.29 is 9.21 Å². The first kappa shape index (κ1) is 17.6. The quantitative estimate of drug-likeness (QED) is 0.438. The van der Waals surface area contributed by atoms with E-state index in [4.69, 9.17) is 27.6 Å². The van der Waals surface area contributed by atoms with Gasteiger partial charge in [0.25, 0.3) is 5.91 Å². The van der Waals surface area contributed by atoms with Crippen LogP contribution in [-0.4, -0.2) is 10.9 Å². The molecule has 3 aromatic carbocycles. The second kappa shape index (κ2) is 7.06. The predicted molar refractivity (Wildman–Crippen MR) is 109 cm³/mol. The fourth-order valence-corrected chi connectivity index (χ4v) is 3.01. The van der Waals surface area contributed by atoms with Crippen LogP contribution in [0.1, 0.15) is 15.9 Å². The summed E-state index contributed by atoms with van der Waals surface area (Å²) in [6.07, 6.45) is 0. The predicted octanol–water partition coefficient (Wildman–Crippen LogP) is 6.36. The number of amides is 1. The number of nitrogens with one attached hydrogen (secondary N) is 1. The first-order chi connectivity index (χ1) is 13.0. The summed E-state index contributed by atoms with van der Waals surface area (Å²) in [6.45, 7) is 1.97. The average Bonchev–Trinajstić information content (AvgIpc) is 3.07. The van der Waals surface area contributed by atoms with Crippen LogP contribution in [0.3, 0.4) is 0 Å². The number of nitrogens with zero attached hydrogens (tertiary/aromatic N) is 1. The van der Waals surface area contributed by atoms with Gasteiger partial charge in [-0.15, -0.1) is 0 Å². The molecule has 1 N–H and O–H groups in total. The fourth-order valence-electron chi connectivity index (χ4n) is 2.68. The smallest absolute Gasteiger partial charge is 0.255 e. The van der Waals surface area contributed by atoms with E-state index in [0.717, 1.165) is 5.56 Å². The first-order valence-electron chi connectivity index (χ1n) is 8.23. The topological polar surface area (TPSA) is 55.1 Å². The van der Waals surface area contributed by atoms with Gasteiger partial charge < -0.3 is 9.73 Å². The molecule has 6 heteroatoms. The summed E-state index contributed by atoms with van der Waals surface area (Å²) < 4.78 is 5.78. The van der Waals surface area contributed by atoms with Crippen LogP contribution in [-0.2, 0) is 0 Å². The van der Waals surface area contributed by atoms with E-state index in [1.54, 1.807) is 48.5 Å². The number of rotatable bonds is 3. The molecule has 0 atom stereocenters. The van der Waals surface area contributed by atoms with Crippen LogP contribution in [0.15, 0.2) is 65.1 Å². The second-order valence-corrected chi connectivity index (χ2v) is 6.99. The third kappa shape index (κ3) is 3.68. The van der Waals surface area contributed by atoms with Crippen LogP contribution in [0.4, 0.5) is 5.69 Å². The van der Waals surface area contributed by atoms with Crippen LogP contribution in [0.5, 0.6) is 0 Å². The van der Waals surface area contributed by atoms with Gasteiger partial charge in [0.05, 0.1) is 10.7 Å². The van der Waals surface area contributed by atoms with E-state index in [1.807, 2.05) is 19.1 Å². The molecule has 0 saturated carbocycles. The molecule has 1 heterocycles. The number of carbonyl (C=O) groups is 1. The van der Waals surface area contributed by atoms with Gasteiger partial charge in [0, 0.05) is 16.1 Å². The number of anilines is 1. The number of aryl methyl sites for hydroxylation is 1. The number of hydrogen-bond donors (Lipinski definition) is 1. The van der Waals surface area contributed by atoms with E-state index in [1.165, 1.54) is 0 Å². The molecule has 0 saturated heterocycles. The van der Waals surface area contributed by atoms with Crippen LogP contribution >= 0.6 is 23.2 Å². The van der Waals surface area contributed by atoms with Gasteiger partial charge >= 0.3 is 0 Å². The van der Waals surface area contributed by atoms with E-state index >= 15 is 0 Å². The standard InChI is InChI=1S/C21H14Cl2N2O2/c1-12-2-4-13(5-3-12)20(26)24-17-10-14(6-8-16(17)23)21-25-18-11-15(22)7-9-19(18)27-21/h2-11H,1H3,(H,24,26). The Morgan fingerprint density at radius 3 is 2.56 bits per heavy atom. The minimum atomic E-state index is -0.238. The summed E-state index contributed by atoms with van der Waals surface area (Å²) in [4.78, 5) is 16.9. The lowest BCUT2D eigenvalue weighted by Gasteiger charge is -2.09. The third-order valence-corrected chi connectivity index (χ3v) is 4.69. The van der Waals surface area contributed by atoms with Crippen molar-refractivity contribution in [2.75, 3.05) is 5.32 Å². The molecule has 0 aliphatic carbocycles. The Morgan fingerprint density at radius 2 is 1.78 bits per heavy atom. The molecule has 4 nitrogen and oxygen atoms in total. The largest absolute Gasteiger partial charge is 0.436 e. The van der Waals surface area contributed by atoms with Crippen molar-refractivity contribution in [2.45, 2.75) is 6.92 Å². The second-order valence-electron chi connectivity index (χ2n) is 6.15. The molecular weight excluding hydrogens is 383 g/mol. The highest BCUT2D eigenvalue weighted by Gasteiger charge is 2.13. The Balaban J connectivity index is 1.66. The van der Waals surface area contributed by atoms with Crippen molar-refractivity contribution in [2.24, 2.45) is 0 Å². The van der Waals surface area contributed by atoms with Gasteiger partial charge in [-0.1, -0.05) is 40.9 Å². The van der Waals surface area contributed by atoms with Crippen LogP contribution in [0.2, 0.25) is 10.0 Å². The van der Waals surface area contributed by atoms with Gasteiger partial charge in [0.15, 0.2) is 5.58 Å². The maximum atomic E-state index is 12.5. The Bertz CT molecular complexity index is 1150. The lowest BCUT2D eigenvalue weighted by molar-refractivity contribution is 0.102. The zero-order valence-electron chi connectivity index (χ0n) is 14.3. The van der Waals surface area contributed by atoms with E-state index < -0.39 is 0 Å². The number of aromatic nitrogens is 1. The number of carbonyl (C=O) groups excluding carboxylic acids is 1. The van der Waals surface area contributed by atoms with Gasteiger partial charge in [-0.05, 0) is 55.5 Å². The van der Waals surface area contributed by atoms with Gasteiger partial charge in [0.1, 0.15) is 5.52 Å². The van der Waals surface area contributed by atoms with Crippen LogP contribution < -0.4 is 5.32 Å². The molecule has 0 aliphatic heterocycles. The van der Waals surface area contributed by atoms with Crippen molar-refractivity contribution in [3.8, 4) is 11.5 Å². The van der Waals surface area contributed by atoms with Gasteiger partial charge in [-0.3, -0.25) is 4.79 Å². The van der Waals surface area contributed by atoms with Gasteiger partial charge in [0.2, 0.25) is 5.89 Å². The van der Waals surface area contributed by atoms with Crippen molar-refractivity contribution in [3.05, 3.63) is 81.8 Å². The highest BCUT2D eigenvalue weighted by molar-refractivity contribution is 6.34. The molecule has 0 bridgehead atoms. The summed E-state index contributed by atoms with van der Waals surface area (Å²) in [5, 5.41) is 3.85.